The lowest BCUT2D eigenvalue weighted by molar-refractivity contribution is -0.115. The molecule has 0 radical (unpaired) electrons. The van der Waals surface area contributed by atoms with E-state index in [4.69, 9.17) is 11.6 Å². The van der Waals surface area contributed by atoms with Gasteiger partial charge in [-0.15, -0.1) is 11.8 Å². The smallest absolute Gasteiger partial charge is 0.272 e. The van der Waals surface area contributed by atoms with Gasteiger partial charge in [0.2, 0.25) is 5.91 Å². The quantitative estimate of drug-likeness (QED) is 0.118. The van der Waals surface area contributed by atoms with Crippen molar-refractivity contribution in [1.29, 1.82) is 0 Å². The van der Waals surface area contributed by atoms with Crippen LogP contribution in [0.5, 0.6) is 0 Å². The highest BCUT2D eigenvalue weighted by Crippen LogP contribution is 2.29. The molecule has 0 spiro atoms. The van der Waals surface area contributed by atoms with E-state index < -0.39 is 11.8 Å². The third kappa shape index (κ3) is 7.44. The summed E-state index contributed by atoms with van der Waals surface area (Å²) in [5.74, 6) is -1.09. The van der Waals surface area contributed by atoms with Gasteiger partial charge in [-0.05, 0) is 73.2 Å². The van der Waals surface area contributed by atoms with Gasteiger partial charge >= 0.3 is 0 Å². The van der Waals surface area contributed by atoms with Gasteiger partial charge in [-0.3, -0.25) is 14.4 Å². The van der Waals surface area contributed by atoms with Crippen molar-refractivity contribution in [2.45, 2.75) is 17.1 Å². The zero-order valence-corrected chi connectivity index (χ0v) is 24.7. The molecule has 5 aromatic rings. The van der Waals surface area contributed by atoms with Crippen LogP contribution < -0.4 is 16.0 Å². The van der Waals surface area contributed by atoms with Crippen LogP contribution in [0.25, 0.3) is 16.3 Å². The topological polar surface area (TPSA) is 100 Å². The van der Waals surface area contributed by atoms with Gasteiger partial charge in [0.1, 0.15) is 5.70 Å². The second-order valence-corrected chi connectivity index (χ2v) is 12.0. The number of carbonyl (C=O) groups is 3. The van der Waals surface area contributed by atoms with E-state index in [9.17, 15) is 14.4 Å². The minimum atomic E-state index is -0.511. The molecule has 210 valence electrons. The van der Waals surface area contributed by atoms with Crippen LogP contribution >= 0.6 is 34.7 Å². The van der Waals surface area contributed by atoms with Crippen molar-refractivity contribution >= 4 is 79.5 Å². The molecule has 0 saturated heterocycles. The van der Waals surface area contributed by atoms with Crippen LogP contribution in [0.1, 0.15) is 22.8 Å². The number of para-hydroxylation sites is 1. The molecule has 0 aliphatic heterocycles. The number of hydrogen-bond acceptors (Lipinski definition) is 6. The number of aromatic nitrogens is 1. The molecule has 1 aromatic heterocycles. The first-order chi connectivity index (χ1) is 20.4. The molecule has 0 aliphatic rings. The molecule has 3 amide bonds. The van der Waals surface area contributed by atoms with Crippen LogP contribution in [0.3, 0.4) is 0 Å². The summed E-state index contributed by atoms with van der Waals surface area (Å²) in [6, 6.07) is 30.5. The monoisotopic (exact) mass is 612 g/mol. The SMILES string of the molecule is CC(Sc1ccc(NC(=O)/C(=C/c2ccccc2Cl)NC(=O)c2ccccc2)cc1)C(=O)Nc1nc2ccccc2s1. The first-order valence-electron chi connectivity index (χ1n) is 12.9. The van der Waals surface area contributed by atoms with Crippen LogP contribution in [0.4, 0.5) is 10.8 Å². The number of fused-ring (bicyclic) bond motifs is 1. The summed E-state index contributed by atoms with van der Waals surface area (Å²) in [6.45, 7) is 1.82. The minimum absolute atomic E-state index is 0.0375. The van der Waals surface area contributed by atoms with Gasteiger partial charge in [0, 0.05) is 21.2 Å². The van der Waals surface area contributed by atoms with Gasteiger partial charge in [0.25, 0.3) is 11.8 Å². The fraction of sp³-hybridized carbons (Fsp3) is 0.0625. The van der Waals surface area contributed by atoms with E-state index in [0.717, 1.165) is 15.1 Å². The molecule has 4 aromatic carbocycles. The molecule has 42 heavy (non-hydrogen) atoms. The Kier molecular flexibility index (Phi) is 9.33. The summed E-state index contributed by atoms with van der Waals surface area (Å²) >= 11 is 9.13. The standard InChI is InChI=1S/C32H25ClN4O3S2/c1-20(29(38)37-32-36-26-13-7-8-14-28(26)42-32)41-24-17-15-23(16-18-24)34-31(40)27(19-22-11-5-6-12-25(22)33)35-30(39)21-9-3-2-4-10-21/h2-20H,1H3,(H,34,40)(H,35,39)(H,36,37,38)/b27-19-. The first-order valence-corrected chi connectivity index (χ1v) is 15.0. The van der Waals surface area contributed by atoms with E-state index in [-0.39, 0.29) is 16.9 Å². The van der Waals surface area contributed by atoms with Gasteiger partial charge in [0.15, 0.2) is 5.13 Å². The molecule has 0 aliphatic carbocycles. The fourth-order valence-corrected chi connectivity index (χ4v) is 5.82. The summed E-state index contributed by atoms with van der Waals surface area (Å²) in [4.78, 5) is 44.2. The number of thioether (sulfide) groups is 1. The van der Waals surface area contributed by atoms with Crippen LogP contribution in [0, 0.1) is 0 Å². The highest BCUT2D eigenvalue weighted by Gasteiger charge is 2.18. The Labute approximate surface area is 256 Å². The highest BCUT2D eigenvalue weighted by molar-refractivity contribution is 8.00. The van der Waals surface area contributed by atoms with Crippen LogP contribution in [0.2, 0.25) is 5.02 Å². The molecule has 0 fully saturated rings. The normalized spacial score (nSPS) is 12.0. The molecule has 3 N–H and O–H groups in total. The number of carbonyl (C=O) groups excluding carboxylic acids is 3. The van der Waals surface area contributed by atoms with Crippen LogP contribution in [-0.2, 0) is 9.59 Å². The third-order valence-corrected chi connectivity index (χ3v) is 8.46. The first kappa shape index (κ1) is 29.1. The average molecular weight is 613 g/mol. The zero-order valence-electron chi connectivity index (χ0n) is 22.3. The minimum Gasteiger partial charge on any atom is -0.321 e. The van der Waals surface area contributed by atoms with E-state index in [1.165, 1.54) is 29.2 Å². The molecular formula is C32H25ClN4O3S2. The van der Waals surface area contributed by atoms with Crippen LogP contribution in [0.15, 0.2) is 114 Å². The Morgan fingerprint density at radius 2 is 1.55 bits per heavy atom. The molecular weight excluding hydrogens is 588 g/mol. The number of amides is 3. The van der Waals surface area contributed by atoms with E-state index >= 15 is 0 Å². The van der Waals surface area contributed by atoms with E-state index in [1.807, 2.05) is 49.4 Å². The van der Waals surface area contributed by atoms with E-state index in [1.54, 1.807) is 60.7 Å². The number of benzene rings is 4. The van der Waals surface area contributed by atoms with Crippen molar-refractivity contribution in [3.8, 4) is 0 Å². The zero-order chi connectivity index (χ0) is 29.5. The molecule has 0 bridgehead atoms. The fourth-order valence-electron chi connectivity index (χ4n) is 3.90. The number of hydrogen-bond donors (Lipinski definition) is 3. The lowest BCUT2D eigenvalue weighted by atomic mass is 10.1. The van der Waals surface area contributed by atoms with E-state index in [2.05, 4.69) is 20.9 Å². The summed E-state index contributed by atoms with van der Waals surface area (Å²) in [7, 11) is 0. The average Bonchev–Trinajstić information content (AvgIpc) is 3.41. The second kappa shape index (κ2) is 13.5. The molecule has 0 saturated carbocycles. The van der Waals surface area contributed by atoms with Crippen molar-refractivity contribution in [3.05, 3.63) is 125 Å². The Hall–Kier alpha value is -4.44. The highest BCUT2D eigenvalue weighted by atomic mass is 35.5. The van der Waals surface area contributed by atoms with Crippen molar-refractivity contribution in [2.24, 2.45) is 0 Å². The maximum atomic E-state index is 13.3. The Balaban J connectivity index is 1.24. The summed E-state index contributed by atoms with van der Waals surface area (Å²) in [5, 5.41) is 9.05. The number of rotatable bonds is 9. The number of anilines is 2. The Morgan fingerprint density at radius 1 is 0.857 bits per heavy atom. The molecule has 1 atom stereocenters. The predicted molar refractivity (Wildman–Crippen MR) is 172 cm³/mol. The number of nitrogens with zero attached hydrogens (tertiary/aromatic N) is 1. The molecule has 10 heteroatoms. The largest absolute Gasteiger partial charge is 0.321 e. The summed E-state index contributed by atoms with van der Waals surface area (Å²) in [6.07, 6.45) is 1.54. The van der Waals surface area contributed by atoms with Crippen LogP contribution in [-0.4, -0.2) is 28.0 Å². The van der Waals surface area contributed by atoms with Crippen molar-refractivity contribution in [2.75, 3.05) is 10.6 Å². The van der Waals surface area contributed by atoms with Gasteiger partial charge in [-0.1, -0.05) is 71.5 Å². The third-order valence-electron chi connectivity index (χ3n) is 6.05. The van der Waals surface area contributed by atoms with Crippen molar-refractivity contribution in [3.63, 3.8) is 0 Å². The molecule has 7 nitrogen and oxygen atoms in total. The lowest BCUT2D eigenvalue weighted by Crippen LogP contribution is -2.30. The summed E-state index contributed by atoms with van der Waals surface area (Å²) < 4.78 is 1.01. The van der Waals surface area contributed by atoms with Gasteiger partial charge in [0.05, 0.1) is 15.5 Å². The van der Waals surface area contributed by atoms with Crippen molar-refractivity contribution in [1.82, 2.24) is 10.3 Å². The van der Waals surface area contributed by atoms with Gasteiger partial charge < -0.3 is 16.0 Å². The molecule has 1 unspecified atom stereocenters. The number of thiazole rings is 1. The predicted octanol–water partition coefficient (Wildman–Crippen LogP) is 7.48. The number of halogens is 1. The maximum Gasteiger partial charge on any atom is 0.272 e. The Bertz CT molecular complexity index is 1740. The Morgan fingerprint density at radius 3 is 2.29 bits per heavy atom. The second-order valence-electron chi connectivity index (χ2n) is 9.11. The van der Waals surface area contributed by atoms with Gasteiger partial charge in [-0.25, -0.2) is 4.98 Å². The molecule has 1 heterocycles. The number of nitrogens with one attached hydrogen (secondary N) is 3. The maximum absolute atomic E-state index is 13.3. The van der Waals surface area contributed by atoms with Crippen molar-refractivity contribution < 1.29 is 14.4 Å². The van der Waals surface area contributed by atoms with Gasteiger partial charge in [-0.2, -0.15) is 0 Å². The lowest BCUT2D eigenvalue weighted by Gasteiger charge is -2.13. The summed E-state index contributed by atoms with van der Waals surface area (Å²) in [5.41, 5.74) is 2.41. The van der Waals surface area contributed by atoms with E-state index in [0.29, 0.717) is 27.0 Å². The molecule has 5 rings (SSSR count).